The summed E-state index contributed by atoms with van der Waals surface area (Å²) >= 11 is 1.67. The highest BCUT2D eigenvalue weighted by molar-refractivity contribution is 7.07. The van der Waals surface area contributed by atoms with Gasteiger partial charge in [-0.15, -0.1) is 0 Å². The van der Waals surface area contributed by atoms with Gasteiger partial charge in [-0.25, -0.2) is 14.8 Å². The third-order valence-electron chi connectivity index (χ3n) is 6.68. The predicted molar refractivity (Wildman–Crippen MR) is 139 cm³/mol. The van der Waals surface area contributed by atoms with Gasteiger partial charge in [0, 0.05) is 36.9 Å². The summed E-state index contributed by atoms with van der Waals surface area (Å²) in [6.07, 6.45) is 2.03. The predicted octanol–water partition coefficient (Wildman–Crippen LogP) is 4.80. The van der Waals surface area contributed by atoms with E-state index in [1.165, 1.54) is 0 Å². The highest BCUT2D eigenvalue weighted by Crippen LogP contribution is 2.29. The second-order valence-electron chi connectivity index (χ2n) is 9.05. The van der Waals surface area contributed by atoms with Crippen LogP contribution in [0.2, 0.25) is 0 Å². The lowest BCUT2D eigenvalue weighted by molar-refractivity contribution is 0.0697. The number of carboxylic acids is 1. The molecule has 0 unspecified atom stereocenters. The van der Waals surface area contributed by atoms with Gasteiger partial charge < -0.3 is 19.1 Å². The number of piperidine rings is 1. The molecule has 0 radical (unpaired) electrons. The highest BCUT2D eigenvalue weighted by Gasteiger charge is 2.24. The molecule has 1 aliphatic heterocycles. The molecule has 1 N–H and O–H groups in total. The number of likely N-dealkylation sites (tertiary alicyclic amines) is 1. The van der Waals surface area contributed by atoms with Crippen molar-refractivity contribution in [2.24, 2.45) is 0 Å². The summed E-state index contributed by atoms with van der Waals surface area (Å²) in [7, 11) is 1.67. The average Bonchev–Trinajstić information content (AvgIpc) is 3.54. The van der Waals surface area contributed by atoms with E-state index < -0.39 is 5.97 Å². The fourth-order valence-electron chi connectivity index (χ4n) is 4.72. The van der Waals surface area contributed by atoms with Gasteiger partial charge in [0.25, 0.3) is 0 Å². The number of pyridine rings is 1. The second-order valence-corrected chi connectivity index (χ2v) is 9.83. The van der Waals surface area contributed by atoms with Gasteiger partial charge in [0.2, 0.25) is 5.88 Å². The van der Waals surface area contributed by atoms with E-state index >= 15 is 0 Å². The molecule has 0 spiro atoms. The molecule has 1 saturated heterocycles. The summed E-state index contributed by atoms with van der Waals surface area (Å²) in [5, 5.41) is 13.6. The lowest BCUT2D eigenvalue weighted by atomic mass is 9.93. The number of nitrogens with zero attached hydrogens (tertiary/aromatic N) is 4. The number of aromatic nitrogens is 3. The Morgan fingerprint density at radius 1 is 1.17 bits per heavy atom. The number of hydrogen-bond acceptors (Lipinski definition) is 7. The first-order valence-corrected chi connectivity index (χ1v) is 13.1. The zero-order chi connectivity index (χ0) is 24.9. The number of hydrogen-bond donors (Lipinski definition) is 1. The van der Waals surface area contributed by atoms with Crippen molar-refractivity contribution in [3.8, 4) is 5.88 Å². The second kappa shape index (κ2) is 11.2. The van der Waals surface area contributed by atoms with Crippen molar-refractivity contribution in [3.05, 3.63) is 75.9 Å². The Labute approximate surface area is 214 Å². The zero-order valence-electron chi connectivity index (χ0n) is 20.3. The van der Waals surface area contributed by atoms with Crippen LogP contribution in [-0.4, -0.2) is 57.3 Å². The maximum Gasteiger partial charge on any atom is 0.335 e. The van der Waals surface area contributed by atoms with Crippen LogP contribution in [-0.2, 0) is 24.4 Å². The first-order chi connectivity index (χ1) is 17.6. The van der Waals surface area contributed by atoms with Crippen LogP contribution in [0.1, 0.15) is 46.2 Å². The first kappa shape index (κ1) is 24.4. The summed E-state index contributed by atoms with van der Waals surface area (Å²) in [5.74, 6) is 1.07. The molecule has 4 heterocycles. The van der Waals surface area contributed by atoms with Gasteiger partial charge in [0.15, 0.2) is 0 Å². The van der Waals surface area contributed by atoms with Crippen molar-refractivity contribution in [2.45, 2.75) is 38.5 Å². The largest absolute Gasteiger partial charge is 0.478 e. The van der Waals surface area contributed by atoms with Crippen molar-refractivity contribution >= 4 is 28.3 Å². The number of aromatic carboxylic acids is 1. The van der Waals surface area contributed by atoms with E-state index in [9.17, 15) is 9.90 Å². The molecule has 0 saturated carbocycles. The van der Waals surface area contributed by atoms with Gasteiger partial charge >= 0.3 is 5.97 Å². The fraction of sp³-hybridized carbons (Fsp3) is 0.370. The summed E-state index contributed by atoms with van der Waals surface area (Å²) in [6, 6.07) is 13.2. The Hall–Kier alpha value is -3.27. The summed E-state index contributed by atoms with van der Waals surface area (Å²) < 4.78 is 13.3. The molecule has 0 atom stereocenters. The smallest absolute Gasteiger partial charge is 0.335 e. The minimum absolute atomic E-state index is 0.266. The SMILES string of the molecule is COCCn1c(CN2CCC(c3cccc(OCc4ccsc4)n3)CC2)nc2ccc(C(=O)O)cc21. The molecule has 9 heteroatoms. The van der Waals surface area contributed by atoms with Gasteiger partial charge in [-0.2, -0.15) is 11.3 Å². The first-order valence-electron chi connectivity index (χ1n) is 12.2. The van der Waals surface area contributed by atoms with E-state index in [2.05, 4.69) is 32.4 Å². The third-order valence-corrected chi connectivity index (χ3v) is 7.41. The Morgan fingerprint density at radius 3 is 2.78 bits per heavy atom. The molecule has 0 amide bonds. The number of ether oxygens (including phenoxy) is 2. The molecule has 0 aliphatic carbocycles. The maximum atomic E-state index is 11.5. The minimum Gasteiger partial charge on any atom is -0.478 e. The van der Waals surface area contributed by atoms with Crippen molar-refractivity contribution in [3.63, 3.8) is 0 Å². The molecular weight excluding hydrogens is 476 g/mol. The highest BCUT2D eigenvalue weighted by atomic mass is 32.1. The number of benzene rings is 1. The van der Waals surface area contributed by atoms with E-state index in [1.807, 2.05) is 12.1 Å². The number of rotatable bonds is 10. The van der Waals surface area contributed by atoms with Crippen molar-refractivity contribution in [1.29, 1.82) is 0 Å². The Balaban J connectivity index is 1.24. The molecule has 1 fully saturated rings. The van der Waals surface area contributed by atoms with Crippen LogP contribution in [0.5, 0.6) is 5.88 Å². The number of carbonyl (C=O) groups is 1. The van der Waals surface area contributed by atoms with Crippen molar-refractivity contribution in [1.82, 2.24) is 19.4 Å². The van der Waals surface area contributed by atoms with E-state index in [4.69, 9.17) is 19.4 Å². The van der Waals surface area contributed by atoms with Gasteiger partial charge in [-0.05, 0) is 67.0 Å². The molecule has 5 rings (SSSR count). The van der Waals surface area contributed by atoms with Gasteiger partial charge in [0.1, 0.15) is 12.4 Å². The molecule has 4 aromatic rings. The zero-order valence-corrected chi connectivity index (χ0v) is 21.1. The number of carboxylic acid groups (broad SMARTS) is 1. The van der Waals surface area contributed by atoms with Crippen LogP contribution >= 0.6 is 11.3 Å². The molecule has 3 aromatic heterocycles. The lowest BCUT2D eigenvalue weighted by Gasteiger charge is -2.31. The van der Waals surface area contributed by atoms with Gasteiger partial charge in [-0.1, -0.05) is 6.07 Å². The normalized spacial score (nSPS) is 14.9. The quantitative estimate of drug-likeness (QED) is 0.331. The van der Waals surface area contributed by atoms with Crippen LogP contribution in [0.15, 0.2) is 53.2 Å². The number of imidazole rings is 1. The number of fused-ring (bicyclic) bond motifs is 1. The van der Waals surface area contributed by atoms with E-state index in [1.54, 1.807) is 36.6 Å². The van der Waals surface area contributed by atoms with Gasteiger partial charge in [0.05, 0.1) is 29.7 Å². The molecule has 1 aliphatic rings. The monoisotopic (exact) mass is 506 g/mol. The topological polar surface area (TPSA) is 89.7 Å². The maximum absolute atomic E-state index is 11.5. The Morgan fingerprint density at radius 2 is 2.03 bits per heavy atom. The van der Waals surface area contributed by atoms with Crippen molar-refractivity contribution in [2.75, 3.05) is 26.8 Å². The molecular formula is C27H30N4O4S. The van der Waals surface area contributed by atoms with Gasteiger partial charge in [-0.3, -0.25) is 4.90 Å². The standard InChI is InChI=1S/C27H30N4O4S/c1-34-13-12-31-24-15-21(27(32)33)5-6-23(24)28-25(31)16-30-10-7-20(8-11-30)22-3-2-4-26(29-22)35-17-19-9-14-36-18-19/h2-6,9,14-15,18,20H,7-8,10-13,16-17H2,1H3,(H,32,33). The fourth-order valence-corrected chi connectivity index (χ4v) is 5.37. The van der Waals surface area contributed by atoms with Crippen molar-refractivity contribution < 1.29 is 19.4 Å². The van der Waals surface area contributed by atoms with E-state index in [0.717, 1.165) is 54.0 Å². The third kappa shape index (κ3) is 5.59. The van der Waals surface area contributed by atoms with E-state index in [0.29, 0.717) is 38.1 Å². The molecule has 8 nitrogen and oxygen atoms in total. The lowest BCUT2D eigenvalue weighted by Crippen LogP contribution is -2.33. The number of methoxy groups -OCH3 is 1. The van der Waals surface area contributed by atoms with Crippen LogP contribution in [0.4, 0.5) is 0 Å². The minimum atomic E-state index is -0.936. The average molecular weight is 507 g/mol. The summed E-state index contributed by atoms with van der Waals surface area (Å²) in [4.78, 5) is 23.5. The molecule has 1 aromatic carbocycles. The van der Waals surface area contributed by atoms with Crippen LogP contribution in [0, 0.1) is 0 Å². The Bertz CT molecular complexity index is 1310. The molecule has 188 valence electrons. The molecule has 36 heavy (non-hydrogen) atoms. The number of thiophene rings is 1. The summed E-state index contributed by atoms with van der Waals surface area (Å²) in [5.41, 5.74) is 4.16. The van der Waals surface area contributed by atoms with E-state index in [-0.39, 0.29) is 5.56 Å². The van der Waals surface area contributed by atoms with Crippen LogP contribution in [0.3, 0.4) is 0 Å². The van der Waals surface area contributed by atoms with Crippen LogP contribution in [0.25, 0.3) is 11.0 Å². The molecule has 0 bridgehead atoms. The summed E-state index contributed by atoms with van der Waals surface area (Å²) in [6.45, 7) is 4.31. The Kier molecular flexibility index (Phi) is 7.60. The van der Waals surface area contributed by atoms with Crippen LogP contribution < -0.4 is 4.74 Å².